The quantitative estimate of drug-likeness (QED) is 0.663. The molecule has 0 unspecified atom stereocenters. The van der Waals surface area contributed by atoms with Crippen LogP contribution in [0.15, 0.2) is 34.7 Å². The predicted molar refractivity (Wildman–Crippen MR) is 102 cm³/mol. The number of aryl methyl sites for hydroxylation is 2. The Labute approximate surface area is 152 Å². The molecule has 4 nitrogen and oxygen atoms in total. The monoisotopic (exact) mass is 354 g/mol. The second kappa shape index (κ2) is 6.56. The van der Waals surface area contributed by atoms with Gasteiger partial charge in [-0.1, -0.05) is 20.8 Å². The van der Waals surface area contributed by atoms with E-state index in [1.54, 1.807) is 12.1 Å². The molecule has 0 bridgehead atoms. The maximum Gasteiger partial charge on any atom is 0.227 e. The van der Waals surface area contributed by atoms with Crippen molar-refractivity contribution in [3.05, 3.63) is 47.3 Å². The Morgan fingerprint density at radius 3 is 2.46 bits per heavy atom. The molecule has 0 fully saturated rings. The first-order chi connectivity index (χ1) is 12.1. The SMILES string of the molecule is Cc1cc2oc(-c3ccc(F)cc3)nc2c(C)c1NC(=O)CC(C)(C)C. The third-order valence-corrected chi connectivity index (χ3v) is 4.17. The molecular formula is C21H23FN2O2. The van der Waals surface area contributed by atoms with Gasteiger partial charge in [0.05, 0.1) is 0 Å². The van der Waals surface area contributed by atoms with Gasteiger partial charge in [-0.05, 0) is 55.2 Å². The minimum Gasteiger partial charge on any atom is -0.436 e. The number of fused-ring (bicyclic) bond motifs is 1. The third kappa shape index (κ3) is 3.77. The summed E-state index contributed by atoms with van der Waals surface area (Å²) in [5, 5.41) is 3.01. The van der Waals surface area contributed by atoms with Crippen molar-refractivity contribution in [2.75, 3.05) is 5.32 Å². The zero-order chi connectivity index (χ0) is 19.1. The lowest BCUT2D eigenvalue weighted by atomic mass is 9.92. The van der Waals surface area contributed by atoms with Crippen LogP contribution in [0.4, 0.5) is 10.1 Å². The molecule has 0 spiro atoms. The standard InChI is InChI=1S/C21H23FN2O2/c1-12-10-16-19(13(2)18(12)23-17(25)11-21(3,4)5)24-20(26-16)14-6-8-15(22)9-7-14/h6-10H,11H2,1-5H3,(H,23,25). The smallest absolute Gasteiger partial charge is 0.227 e. The summed E-state index contributed by atoms with van der Waals surface area (Å²) in [4.78, 5) is 16.9. The van der Waals surface area contributed by atoms with Gasteiger partial charge in [0.15, 0.2) is 5.58 Å². The zero-order valence-electron chi connectivity index (χ0n) is 15.7. The average molecular weight is 354 g/mol. The van der Waals surface area contributed by atoms with Gasteiger partial charge in [-0.3, -0.25) is 4.79 Å². The van der Waals surface area contributed by atoms with E-state index < -0.39 is 0 Å². The molecule has 0 aliphatic rings. The average Bonchev–Trinajstić information content (AvgIpc) is 2.94. The fraction of sp³-hybridized carbons (Fsp3) is 0.333. The minimum absolute atomic E-state index is 0.0229. The minimum atomic E-state index is -0.305. The number of carbonyl (C=O) groups excluding carboxylic acids is 1. The maximum atomic E-state index is 13.1. The number of amides is 1. The Balaban J connectivity index is 1.99. The van der Waals surface area contributed by atoms with Crippen LogP contribution in [0.5, 0.6) is 0 Å². The normalized spacial score (nSPS) is 11.8. The third-order valence-electron chi connectivity index (χ3n) is 4.17. The predicted octanol–water partition coefficient (Wildman–Crippen LogP) is 5.63. The fourth-order valence-corrected chi connectivity index (χ4v) is 2.95. The van der Waals surface area contributed by atoms with Gasteiger partial charge in [0.1, 0.15) is 11.3 Å². The van der Waals surface area contributed by atoms with Crippen molar-refractivity contribution < 1.29 is 13.6 Å². The highest BCUT2D eigenvalue weighted by molar-refractivity contribution is 5.96. The highest BCUT2D eigenvalue weighted by atomic mass is 19.1. The van der Waals surface area contributed by atoms with Crippen molar-refractivity contribution in [3.8, 4) is 11.5 Å². The van der Waals surface area contributed by atoms with E-state index in [0.29, 0.717) is 29.0 Å². The molecule has 26 heavy (non-hydrogen) atoms. The van der Waals surface area contributed by atoms with Crippen LogP contribution in [-0.4, -0.2) is 10.9 Å². The van der Waals surface area contributed by atoms with Crippen LogP contribution in [0.3, 0.4) is 0 Å². The zero-order valence-corrected chi connectivity index (χ0v) is 15.7. The van der Waals surface area contributed by atoms with Gasteiger partial charge in [-0.15, -0.1) is 0 Å². The van der Waals surface area contributed by atoms with E-state index in [-0.39, 0.29) is 17.1 Å². The molecule has 0 aliphatic carbocycles. The molecule has 2 aromatic carbocycles. The summed E-state index contributed by atoms with van der Waals surface area (Å²) >= 11 is 0. The Morgan fingerprint density at radius 1 is 1.19 bits per heavy atom. The lowest BCUT2D eigenvalue weighted by Gasteiger charge is -2.18. The van der Waals surface area contributed by atoms with Crippen LogP contribution in [0.2, 0.25) is 0 Å². The number of benzene rings is 2. The molecule has 1 N–H and O–H groups in total. The Morgan fingerprint density at radius 2 is 1.85 bits per heavy atom. The Kier molecular flexibility index (Phi) is 4.57. The van der Waals surface area contributed by atoms with Crippen molar-refractivity contribution in [2.24, 2.45) is 5.41 Å². The van der Waals surface area contributed by atoms with E-state index in [1.807, 2.05) is 40.7 Å². The molecule has 3 aromatic rings. The lowest BCUT2D eigenvalue weighted by Crippen LogP contribution is -2.20. The molecule has 5 heteroatoms. The van der Waals surface area contributed by atoms with Crippen LogP contribution in [0.25, 0.3) is 22.6 Å². The summed E-state index contributed by atoms with van der Waals surface area (Å²) in [6.45, 7) is 9.94. The van der Waals surface area contributed by atoms with Gasteiger partial charge in [0.25, 0.3) is 0 Å². The number of oxazole rings is 1. The Bertz CT molecular complexity index is 966. The highest BCUT2D eigenvalue weighted by Gasteiger charge is 2.20. The van der Waals surface area contributed by atoms with Crippen molar-refractivity contribution in [1.29, 1.82) is 0 Å². The number of rotatable bonds is 3. The maximum absolute atomic E-state index is 13.1. The Hall–Kier alpha value is -2.69. The van der Waals surface area contributed by atoms with Gasteiger partial charge in [-0.2, -0.15) is 0 Å². The van der Waals surface area contributed by atoms with Crippen LogP contribution in [0.1, 0.15) is 38.3 Å². The molecule has 0 radical (unpaired) electrons. The molecule has 136 valence electrons. The molecule has 0 saturated heterocycles. The van der Waals surface area contributed by atoms with Crippen LogP contribution in [-0.2, 0) is 4.79 Å². The van der Waals surface area contributed by atoms with Crippen LogP contribution >= 0.6 is 0 Å². The van der Waals surface area contributed by atoms with E-state index in [9.17, 15) is 9.18 Å². The number of hydrogen-bond donors (Lipinski definition) is 1. The number of nitrogens with one attached hydrogen (secondary N) is 1. The lowest BCUT2D eigenvalue weighted by molar-refractivity contribution is -0.117. The number of anilines is 1. The topological polar surface area (TPSA) is 55.1 Å². The molecule has 0 atom stereocenters. The van der Waals surface area contributed by atoms with Gasteiger partial charge in [0.2, 0.25) is 11.8 Å². The van der Waals surface area contributed by atoms with E-state index in [1.165, 1.54) is 12.1 Å². The summed E-state index contributed by atoms with van der Waals surface area (Å²) in [6, 6.07) is 7.89. The first-order valence-electron chi connectivity index (χ1n) is 8.60. The molecule has 1 heterocycles. The number of nitrogens with zero attached hydrogens (tertiary/aromatic N) is 1. The van der Waals surface area contributed by atoms with Crippen molar-refractivity contribution in [3.63, 3.8) is 0 Å². The van der Waals surface area contributed by atoms with Gasteiger partial charge in [0, 0.05) is 23.2 Å². The summed E-state index contributed by atoms with van der Waals surface area (Å²) in [5.74, 6) is 0.103. The highest BCUT2D eigenvalue weighted by Crippen LogP contribution is 2.33. The molecule has 0 aliphatic heterocycles. The van der Waals surface area contributed by atoms with Gasteiger partial charge < -0.3 is 9.73 Å². The summed E-state index contributed by atoms with van der Waals surface area (Å²) < 4.78 is 19.0. The molecule has 3 rings (SSSR count). The fourth-order valence-electron chi connectivity index (χ4n) is 2.95. The first-order valence-corrected chi connectivity index (χ1v) is 8.60. The van der Waals surface area contributed by atoms with E-state index >= 15 is 0 Å². The molecule has 1 aromatic heterocycles. The van der Waals surface area contributed by atoms with Crippen LogP contribution < -0.4 is 5.32 Å². The number of hydrogen-bond acceptors (Lipinski definition) is 3. The van der Waals surface area contributed by atoms with E-state index in [4.69, 9.17) is 4.42 Å². The summed E-state index contributed by atoms with van der Waals surface area (Å²) in [5.41, 5.74) is 4.51. The van der Waals surface area contributed by atoms with Crippen molar-refractivity contribution in [1.82, 2.24) is 4.98 Å². The molecular weight excluding hydrogens is 331 g/mol. The molecule has 1 amide bonds. The summed E-state index contributed by atoms with van der Waals surface area (Å²) in [6.07, 6.45) is 0.434. The second-order valence-electron chi connectivity index (χ2n) is 7.85. The van der Waals surface area contributed by atoms with Crippen molar-refractivity contribution >= 4 is 22.7 Å². The van der Waals surface area contributed by atoms with E-state index in [2.05, 4.69) is 10.3 Å². The van der Waals surface area contributed by atoms with Gasteiger partial charge >= 0.3 is 0 Å². The van der Waals surface area contributed by atoms with Crippen molar-refractivity contribution in [2.45, 2.75) is 41.0 Å². The largest absolute Gasteiger partial charge is 0.436 e. The number of aromatic nitrogens is 1. The van der Waals surface area contributed by atoms with E-state index in [0.717, 1.165) is 16.8 Å². The number of halogens is 1. The first kappa shape index (κ1) is 18.1. The van der Waals surface area contributed by atoms with Gasteiger partial charge in [-0.25, -0.2) is 9.37 Å². The second-order valence-corrected chi connectivity index (χ2v) is 7.85. The van der Waals surface area contributed by atoms with Crippen LogP contribution in [0, 0.1) is 25.1 Å². The number of carbonyl (C=O) groups is 1. The molecule has 0 saturated carbocycles. The summed E-state index contributed by atoms with van der Waals surface area (Å²) in [7, 11) is 0.